The minimum atomic E-state index is -0.0223. The monoisotopic (exact) mass is 300 g/mol. The molecule has 1 aromatic carbocycles. The molecular weight excluding hydrogens is 283 g/mol. The maximum absolute atomic E-state index is 12.3. The molecule has 1 fully saturated rings. The molecule has 5 heteroatoms. The van der Waals surface area contributed by atoms with Gasteiger partial charge in [-0.15, -0.1) is 0 Å². The van der Waals surface area contributed by atoms with E-state index in [1.165, 1.54) is 12.8 Å². The number of nitrogens with zero attached hydrogens (tertiary/aromatic N) is 1. The van der Waals surface area contributed by atoms with Gasteiger partial charge in [0.1, 0.15) is 0 Å². The fourth-order valence-corrected chi connectivity index (χ4v) is 2.64. The zero-order chi connectivity index (χ0) is 13.8. The predicted octanol–water partition coefficient (Wildman–Crippen LogP) is 3.21. The molecule has 1 amide bonds. The van der Waals surface area contributed by atoms with Gasteiger partial charge in [-0.3, -0.25) is 4.79 Å². The Morgan fingerprint density at radius 2 is 2.16 bits per heavy atom. The number of carbonyl (C=O) groups is 1. The molecule has 19 heavy (non-hydrogen) atoms. The summed E-state index contributed by atoms with van der Waals surface area (Å²) in [4.78, 5) is 14.0. The van der Waals surface area contributed by atoms with Crippen molar-refractivity contribution in [3.63, 3.8) is 0 Å². The molecule has 0 aromatic heterocycles. The van der Waals surface area contributed by atoms with E-state index in [4.69, 9.17) is 23.2 Å². The van der Waals surface area contributed by atoms with Crippen molar-refractivity contribution in [2.75, 3.05) is 20.1 Å². The van der Waals surface area contributed by atoms with Crippen LogP contribution < -0.4 is 5.32 Å². The third-order valence-corrected chi connectivity index (χ3v) is 4.16. The number of hydrogen-bond donors (Lipinski definition) is 1. The van der Waals surface area contributed by atoms with E-state index < -0.39 is 0 Å². The molecule has 0 spiro atoms. The molecular formula is C14H18Cl2N2O. The molecule has 0 aliphatic carbocycles. The van der Waals surface area contributed by atoms with Crippen LogP contribution in [0, 0.1) is 0 Å². The summed E-state index contributed by atoms with van der Waals surface area (Å²) < 4.78 is 0. The highest BCUT2D eigenvalue weighted by Gasteiger charge is 2.19. The largest absolute Gasteiger partial charge is 0.340 e. The molecule has 1 saturated heterocycles. The van der Waals surface area contributed by atoms with Gasteiger partial charge in [0.15, 0.2) is 0 Å². The SMILES string of the molecule is CN(CC1CCCCN1)C(=O)c1ccc(Cl)c(Cl)c1. The Labute approximate surface area is 123 Å². The van der Waals surface area contributed by atoms with E-state index in [1.54, 1.807) is 23.1 Å². The second-order valence-corrected chi connectivity index (χ2v) is 5.78. The highest BCUT2D eigenvalue weighted by molar-refractivity contribution is 6.42. The molecule has 1 N–H and O–H groups in total. The number of amides is 1. The Balaban J connectivity index is 1.99. The minimum Gasteiger partial charge on any atom is -0.340 e. The van der Waals surface area contributed by atoms with Crippen LogP contribution in [-0.2, 0) is 0 Å². The summed E-state index contributed by atoms with van der Waals surface area (Å²) in [5.74, 6) is -0.0223. The van der Waals surface area contributed by atoms with Crippen molar-refractivity contribution < 1.29 is 4.79 Å². The first kappa shape index (κ1) is 14.6. The van der Waals surface area contributed by atoms with Crippen molar-refractivity contribution in [1.29, 1.82) is 0 Å². The number of likely N-dealkylation sites (N-methyl/N-ethyl adjacent to an activating group) is 1. The van der Waals surface area contributed by atoms with E-state index in [0.29, 0.717) is 21.7 Å². The van der Waals surface area contributed by atoms with Crippen LogP contribution in [0.15, 0.2) is 18.2 Å². The predicted molar refractivity (Wildman–Crippen MR) is 79.1 cm³/mol. The topological polar surface area (TPSA) is 32.3 Å². The van der Waals surface area contributed by atoms with Gasteiger partial charge in [-0.25, -0.2) is 0 Å². The number of piperidine rings is 1. The lowest BCUT2D eigenvalue weighted by atomic mass is 10.0. The van der Waals surface area contributed by atoms with Crippen molar-refractivity contribution in [1.82, 2.24) is 10.2 Å². The lowest BCUT2D eigenvalue weighted by Gasteiger charge is -2.28. The summed E-state index contributed by atoms with van der Waals surface area (Å²) in [6.07, 6.45) is 3.58. The smallest absolute Gasteiger partial charge is 0.253 e. The van der Waals surface area contributed by atoms with Gasteiger partial charge in [0, 0.05) is 25.2 Å². The second kappa shape index (κ2) is 6.60. The van der Waals surface area contributed by atoms with Gasteiger partial charge in [-0.1, -0.05) is 29.6 Å². The summed E-state index contributed by atoms with van der Waals surface area (Å²) in [7, 11) is 1.82. The number of nitrogens with one attached hydrogen (secondary N) is 1. The molecule has 1 unspecified atom stereocenters. The first-order valence-electron chi connectivity index (χ1n) is 6.52. The highest BCUT2D eigenvalue weighted by Crippen LogP contribution is 2.23. The number of rotatable bonds is 3. The average molecular weight is 301 g/mol. The molecule has 0 radical (unpaired) electrons. The van der Waals surface area contributed by atoms with Gasteiger partial charge >= 0.3 is 0 Å². The summed E-state index contributed by atoms with van der Waals surface area (Å²) >= 11 is 11.8. The molecule has 1 atom stereocenters. The Hall–Kier alpha value is -0.770. The summed E-state index contributed by atoms with van der Waals surface area (Å²) in [6.45, 7) is 1.76. The van der Waals surface area contributed by atoms with Crippen molar-refractivity contribution in [2.24, 2.45) is 0 Å². The standard InChI is InChI=1S/C14H18Cl2N2O/c1-18(9-11-4-2-3-7-17-11)14(19)10-5-6-12(15)13(16)8-10/h5-6,8,11,17H,2-4,7,9H2,1H3. The number of carbonyl (C=O) groups excluding carboxylic acids is 1. The number of benzene rings is 1. The molecule has 104 valence electrons. The van der Waals surface area contributed by atoms with Crippen molar-refractivity contribution >= 4 is 29.1 Å². The van der Waals surface area contributed by atoms with Crippen LogP contribution in [0.3, 0.4) is 0 Å². The van der Waals surface area contributed by atoms with E-state index in [-0.39, 0.29) is 5.91 Å². The van der Waals surface area contributed by atoms with Crippen LogP contribution in [-0.4, -0.2) is 37.0 Å². The van der Waals surface area contributed by atoms with Crippen molar-refractivity contribution in [3.8, 4) is 0 Å². The summed E-state index contributed by atoms with van der Waals surface area (Å²) in [5.41, 5.74) is 0.577. The van der Waals surface area contributed by atoms with E-state index in [9.17, 15) is 4.79 Å². The molecule has 1 heterocycles. The summed E-state index contributed by atoms with van der Waals surface area (Å²) in [6, 6.07) is 5.38. The van der Waals surface area contributed by atoms with E-state index in [1.807, 2.05) is 7.05 Å². The molecule has 1 aliphatic rings. The van der Waals surface area contributed by atoms with E-state index in [2.05, 4.69) is 5.32 Å². The van der Waals surface area contributed by atoms with Gasteiger partial charge in [0.05, 0.1) is 10.0 Å². The molecule has 3 nitrogen and oxygen atoms in total. The zero-order valence-electron chi connectivity index (χ0n) is 11.0. The molecule has 0 saturated carbocycles. The minimum absolute atomic E-state index is 0.0223. The quantitative estimate of drug-likeness (QED) is 0.930. The fourth-order valence-electron chi connectivity index (χ4n) is 2.34. The Bertz CT molecular complexity index is 459. The second-order valence-electron chi connectivity index (χ2n) is 4.96. The lowest BCUT2D eigenvalue weighted by Crippen LogP contribution is -2.44. The Morgan fingerprint density at radius 1 is 1.37 bits per heavy atom. The first-order chi connectivity index (χ1) is 9.08. The summed E-state index contributed by atoms with van der Waals surface area (Å²) in [5, 5.41) is 4.32. The van der Waals surface area contributed by atoms with Crippen LogP contribution in [0.5, 0.6) is 0 Å². The molecule has 0 bridgehead atoms. The van der Waals surface area contributed by atoms with Crippen molar-refractivity contribution in [2.45, 2.75) is 25.3 Å². The first-order valence-corrected chi connectivity index (χ1v) is 7.27. The van der Waals surface area contributed by atoms with E-state index >= 15 is 0 Å². The lowest BCUT2D eigenvalue weighted by molar-refractivity contribution is 0.0775. The molecule has 1 aliphatic heterocycles. The van der Waals surface area contributed by atoms with Crippen LogP contribution in [0.4, 0.5) is 0 Å². The van der Waals surface area contributed by atoms with Gasteiger partial charge in [0.2, 0.25) is 0 Å². The van der Waals surface area contributed by atoms with Gasteiger partial charge in [-0.2, -0.15) is 0 Å². The normalized spacial score (nSPS) is 19.2. The van der Waals surface area contributed by atoms with Gasteiger partial charge < -0.3 is 10.2 Å². The van der Waals surface area contributed by atoms with E-state index in [0.717, 1.165) is 19.5 Å². The average Bonchev–Trinajstić information content (AvgIpc) is 2.42. The third-order valence-electron chi connectivity index (χ3n) is 3.42. The zero-order valence-corrected chi connectivity index (χ0v) is 12.5. The maximum Gasteiger partial charge on any atom is 0.253 e. The Morgan fingerprint density at radius 3 is 2.79 bits per heavy atom. The van der Waals surface area contributed by atoms with Gasteiger partial charge in [-0.05, 0) is 37.6 Å². The van der Waals surface area contributed by atoms with Crippen molar-refractivity contribution in [3.05, 3.63) is 33.8 Å². The molecule has 2 rings (SSSR count). The number of halogens is 2. The highest BCUT2D eigenvalue weighted by atomic mass is 35.5. The fraction of sp³-hybridized carbons (Fsp3) is 0.500. The third kappa shape index (κ3) is 3.85. The van der Waals surface area contributed by atoms with Crippen LogP contribution in [0.2, 0.25) is 10.0 Å². The van der Waals surface area contributed by atoms with Crippen LogP contribution in [0.1, 0.15) is 29.6 Å². The van der Waals surface area contributed by atoms with Gasteiger partial charge in [0.25, 0.3) is 5.91 Å². The number of hydrogen-bond acceptors (Lipinski definition) is 2. The van der Waals surface area contributed by atoms with Crippen LogP contribution >= 0.6 is 23.2 Å². The van der Waals surface area contributed by atoms with Crippen LogP contribution in [0.25, 0.3) is 0 Å². The maximum atomic E-state index is 12.3. The molecule has 1 aromatic rings. The Kier molecular flexibility index (Phi) is 5.08.